The van der Waals surface area contributed by atoms with Crippen LogP contribution in [0.1, 0.15) is 17.7 Å². The molecule has 1 unspecified atom stereocenters. The highest BCUT2D eigenvalue weighted by atomic mass is 79.9. The van der Waals surface area contributed by atoms with Crippen molar-refractivity contribution in [1.82, 2.24) is 5.32 Å². The van der Waals surface area contributed by atoms with Crippen molar-refractivity contribution in [3.8, 4) is 0 Å². The molecule has 4 heteroatoms. The summed E-state index contributed by atoms with van der Waals surface area (Å²) in [5.74, 6) is 0.257. The van der Waals surface area contributed by atoms with Crippen LogP contribution in [-0.4, -0.2) is 19.3 Å². The molecule has 0 aromatic carbocycles. The van der Waals surface area contributed by atoms with Gasteiger partial charge >= 0.3 is 0 Å². The maximum Gasteiger partial charge on any atom is 0.108 e. The lowest BCUT2D eigenvalue weighted by atomic mass is 9.91. The molecule has 0 spiro atoms. The van der Waals surface area contributed by atoms with E-state index >= 15 is 0 Å². The van der Waals surface area contributed by atoms with Crippen LogP contribution >= 0.6 is 27.3 Å². The van der Waals surface area contributed by atoms with Crippen LogP contribution in [0.4, 0.5) is 4.39 Å². The molecule has 2 rings (SSSR count). The van der Waals surface area contributed by atoms with Crippen LogP contribution in [0.15, 0.2) is 15.9 Å². The minimum absolute atomic E-state index is 0.257. The summed E-state index contributed by atoms with van der Waals surface area (Å²) in [7, 11) is 0. The minimum atomic E-state index is -0.669. The highest BCUT2D eigenvalue weighted by Gasteiger charge is 2.23. The molecule has 84 valence electrons. The fourth-order valence-corrected chi connectivity index (χ4v) is 3.52. The fraction of sp³-hybridized carbons (Fsp3) is 0.636. The van der Waals surface area contributed by atoms with Gasteiger partial charge in [0.1, 0.15) is 6.17 Å². The molecule has 0 saturated carbocycles. The van der Waals surface area contributed by atoms with Crippen molar-refractivity contribution in [2.75, 3.05) is 13.1 Å². The van der Waals surface area contributed by atoms with E-state index < -0.39 is 6.17 Å². The fourth-order valence-electron chi connectivity index (χ4n) is 2.03. The van der Waals surface area contributed by atoms with Gasteiger partial charge in [-0.1, -0.05) is 0 Å². The van der Waals surface area contributed by atoms with Crippen LogP contribution in [0.5, 0.6) is 0 Å². The van der Waals surface area contributed by atoms with E-state index in [-0.39, 0.29) is 5.92 Å². The van der Waals surface area contributed by atoms with Gasteiger partial charge in [-0.05, 0) is 53.8 Å². The van der Waals surface area contributed by atoms with Gasteiger partial charge < -0.3 is 5.32 Å². The lowest BCUT2D eigenvalue weighted by Crippen LogP contribution is -2.33. The standard InChI is InChI=1S/C11H15BrFNS/c12-9-5-10(15-7-9)6-11(13)8-1-3-14-4-2-8/h5,7-8,11,14H,1-4,6H2. The summed E-state index contributed by atoms with van der Waals surface area (Å²) in [5, 5.41) is 5.28. The number of piperidine rings is 1. The van der Waals surface area contributed by atoms with Crippen molar-refractivity contribution in [3.05, 3.63) is 20.8 Å². The zero-order valence-electron chi connectivity index (χ0n) is 8.51. The molecule has 1 N–H and O–H groups in total. The molecule has 0 radical (unpaired) electrons. The summed E-state index contributed by atoms with van der Waals surface area (Å²) in [6.45, 7) is 1.94. The summed E-state index contributed by atoms with van der Waals surface area (Å²) < 4.78 is 15.0. The zero-order chi connectivity index (χ0) is 10.7. The molecule has 1 aliphatic rings. The van der Waals surface area contributed by atoms with Crippen molar-refractivity contribution in [3.63, 3.8) is 0 Å². The number of halogens is 2. The third-order valence-corrected chi connectivity index (χ3v) is 4.63. The van der Waals surface area contributed by atoms with E-state index in [1.165, 1.54) is 0 Å². The Morgan fingerprint density at radius 2 is 2.27 bits per heavy atom. The lowest BCUT2D eigenvalue weighted by Gasteiger charge is -2.25. The molecule has 1 aromatic heterocycles. The van der Waals surface area contributed by atoms with Crippen molar-refractivity contribution in [2.45, 2.75) is 25.4 Å². The molecule has 1 aromatic rings. The molecular formula is C11H15BrFNS. The van der Waals surface area contributed by atoms with E-state index in [1.54, 1.807) is 11.3 Å². The van der Waals surface area contributed by atoms with E-state index in [1.807, 2.05) is 11.4 Å². The van der Waals surface area contributed by atoms with Gasteiger partial charge in [-0.3, -0.25) is 0 Å². The molecule has 1 aliphatic heterocycles. The number of thiophene rings is 1. The Morgan fingerprint density at radius 1 is 1.53 bits per heavy atom. The predicted molar refractivity (Wildman–Crippen MR) is 66.2 cm³/mol. The van der Waals surface area contributed by atoms with Crippen molar-refractivity contribution >= 4 is 27.3 Å². The van der Waals surface area contributed by atoms with Crippen molar-refractivity contribution < 1.29 is 4.39 Å². The Hall–Kier alpha value is 0.0700. The summed E-state index contributed by atoms with van der Waals surface area (Å²) in [5.41, 5.74) is 0. The van der Waals surface area contributed by atoms with E-state index in [0.717, 1.165) is 35.3 Å². The quantitative estimate of drug-likeness (QED) is 0.900. The summed E-state index contributed by atoms with van der Waals surface area (Å²) in [4.78, 5) is 1.15. The smallest absolute Gasteiger partial charge is 0.108 e. The van der Waals surface area contributed by atoms with E-state index in [9.17, 15) is 4.39 Å². The molecule has 0 bridgehead atoms. The average Bonchev–Trinajstić information content (AvgIpc) is 2.65. The van der Waals surface area contributed by atoms with E-state index in [0.29, 0.717) is 6.42 Å². The van der Waals surface area contributed by atoms with Gasteiger partial charge in [0.25, 0.3) is 0 Å². The predicted octanol–water partition coefficient (Wildman–Crippen LogP) is 3.39. The van der Waals surface area contributed by atoms with Crippen LogP contribution in [0.25, 0.3) is 0 Å². The second-order valence-electron chi connectivity index (χ2n) is 4.04. The number of hydrogen-bond donors (Lipinski definition) is 1. The number of rotatable bonds is 3. The first-order valence-electron chi connectivity index (χ1n) is 5.33. The molecule has 1 fully saturated rings. The van der Waals surface area contributed by atoms with Crippen LogP contribution in [0.2, 0.25) is 0 Å². The molecule has 0 amide bonds. The second kappa shape index (κ2) is 5.41. The Bertz CT molecular complexity index is 309. The Morgan fingerprint density at radius 3 is 2.87 bits per heavy atom. The zero-order valence-corrected chi connectivity index (χ0v) is 10.9. The number of hydrogen-bond acceptors (Lipinski definition) is 2. The lowest BCUT2D eigenvalue weighted by molar-refractivity contribution is 0.188. The van der Waals surface area contributed by atoms with Gasteiger partial charge in [0, 0.05) is 21.2 Å². The summed E-state index contributed by atoms with van der Waals surface area (Å²) in [6, 6.07) is 2.03. The maximum absolute atomic E-state index is 13.9. The normalized spacial score (nSPS) is 20.4. The Kier molecular flexibility index (Phi) is 4.17. The molecular weight excluding hydrogens is 277 g/mol. The Balaban J connectivity index is 1.88. The van der Waals surface area contributed by atoms with Gasteiger partial charge in [0.2, 0.25) is 0 Å². The first-order chi connectivity index (χ1) is 7.25. The largest absolute Gasteiger partial charge is 0.317 e. The Labute approximate surface area is 102 Å². The summed E-state index contributed by atoms with van der Waals surface area (Å²) in [6.07, 6.45) is 1.88. The van der Waals surface area contributed by atoms with Crippen LogP contribution in [0.3, 0.4) is 0 Å². The van der Waals surface area contributed by atoms with Gasteiger partial charge in [-0.15, -0.1) is 11.3 Å². The molecule has 1 saturated heterocycles. The van der Waals surface area contributed by atoms with Gasteiger partial charge in [0.05, 0.1) is 0 Å². The first-order valence-corrected chi connectivity index (χ1v) is 7.00. The van der Waals surface area contributed by atoms with Gasteiger partial charge in [0.15, 0.2) is 0 Å². The molecule has 1 atom stereocenters. The van der Waals surface area contributed by atoms with Crippen LogP contribution in [0, 0.1) is 5.92 Å². The minimum Gasteiger partial charge on any atom is -0.317 e. The third-order valence-electron chi connectivity index (χ3n) is 2.91. The van der Waals surface area contributed by atoms with Gasteiger partial charge in [-0.2, -0.15) is 0 Å². The van der Waals surface area contributed by atoms with Crippen LogP contribution in [-0.2, 0) is 6.42 Å². The first kappa shape index (κ1) is 11.6. The third kappa shape index (κ3) is 3.26. The number of nitrogens with one attached hydrogen (secondary N) is 1. The second-order valence-corrected chi connectivity index (χ2v) is 5.95. The van der Waals surface area contributed by atoms with E-state index in [2.05, 4.69) is 21.2 Å². The molecule has 1 nitrogen and oxygen atoms in total. The van der Waals surface area contributed by atoms with Crippen molar-refractivity contribution in [1.29, 1.82) is 0 Å². The molecule has 2 heterocycles. The maximum atomic E-state index is 13.9. The topological polar surface area (TPSA) is 12.0 Å². The monoisotopic (exact) mass is 291 g/mol. The van der Waals surface area contributed by atoms with Crippen LogP contribution < -0.4 is 5.32 Å². The highest BCUT2D eigenvalue weighted by molar-refractivity contribution is 9.10. The molecule has 0 aliphatic carbocycles. The van der Waals surface area contributed by atoms with E-state index in [4.69, 9.17) is 0 Å². The number of alkyl halides is 1. The highest BCUT2D eigenvalue weighted by Crippen LogP contribution is 2.26. The summed E-state index contributed by atoms with van der Waals surface area (Å²) >= 11 is 5.04. The SMILES string of the molecule is FC(Cc1cc(Br)cs1)C1CCNCC1. The average molecular weight is 292 g/mol. The van der Waals surface area contributed by atoms with Gasteiger partial charge in [-0.25, -0.2) is 4.39 Å². The molecule has 15 heavy (non-hydrogen) atoms. The van der Waals surface area contributed by atoms with Crippen molar-refractivity contribution in [2.24, 2.45) is 5.92 Å².